The Labute approximate surface area is 142 Å². The molecule has 6 nitrogen and oxygen atoms in total. The van der Waals surface area contributed by atoms with Gasteiger partial charge >= 0.3 is 6.09 Å². The molecule has 1 heterocycles. The molecule has 0 aliphatic rings. The van der Waals surface area contributed by atoms with Crippen LogP contribution in [0.15, 0.2) is 54.7 Å². The minimum absolute atomic E-state index is 0.00792. The standard InChI is InChI=1S/C17H15N3O3S/c21-16(20-13-7-6-12-9-19-24-15(12)8-13)14(10-18-17(22)23)11-4-2-1-3-5-11/h1-9,14,18H,10H2,(H,20,21)(H,22,23). The first kappa shape index (κ1) is 15.9. The first-order valence-electron chi connectivity index (χ1n) is 7.30. The normalized spacial score (nSPS) is 11.8. The summed E-state index contributed by atoms with van der Waals surface area (Å²) in [6, 6.07) is 14.7. The summed E-state index contributed by atoms with van der Waals surface area (Å²) in [6.07, 6.45) is 0.615. The second-order valence-electron chi connectivity index (χ2n) is 5.22. The number of nitrogens with one attached hydrogen (secondary N) is 2. The number of benzene rings is 2. The SMILES string of the molecule is O=C(O)NCC(C(=O)Nc1ccc2cnsc2c1)c1ccccc1. The molecule has 0 aliphatic carbocycles. The van der Waals surface area contributed by atoms with Gasteiger partial charge < -0.3 is 15.7 Å². The van der Waals surface area contributed by atoms with Crippen LogP contribution < -0.4 is 10.6 Å². The molecular formula is C17H15N3O3S. The lowest BCUT2D eigenvalue weighted by molar-refractivity contribution is -0.117. The zero-order valence-electron chi connectivity index (χ0n) is 12.6. The molecule has 0 saturated heterocycles. The highest BCUT2D eigenvalue weighted by molar-refractivity contribution is 7.13. The van der Waals surface area contributed by atoms with Crippen molar-refractivity contribution in [3.63, 3.8) is 0 Å². The fourth-order valence-electron chi connectivity index (χ4n) is 2.40. The van der Waals surface area contributed by atoms with Crippen LogP contribution in [0.1, 0.15) is 11.5 Å². The average Bonchev–Trinajstić information content (AvgIpc) is 3.03. The van der Waals surface area contributed by atoms with E-state index >= 15 is 0 Å². The van der Waals surface area contributed by atoms with E-state index in [-0.39, 0.29) is 12.5 Å². The number of nitrogens with zero attached hydrogens (tertiary/aromatic N) is 1. The largest absolute Gasteiger partial charge is 0.465 e. The molecule has 2 aromatic carbocycles. The molecule has 3 rings (SSSR count). The molecular weight excluding hydrogens is 326 g/mol. The van der Waals surface area contributed by atoms with Crippen molar-refractivity contribution in [2.24, 2.45) is 0 Å². The number of rotatable bonds is 5. The van der Waals surface area contributed by atoms with E-state index in [1.165, 1.54) is 11.5 Å². The molecule has 1 aromatic heterocycles. The number of fused-ring (bicyclic) bond motifs is 1. The van der Waals surface area contributed by atoms with Crippen molar-refractivity contribution in [3.05, 3.63) is 60.3 Å². The monoisotopic (exact) mass is 341 g/mol. The second kappa shape index (κ2) is 7.10. The summed E-state index contributed by atoms with van der Waals surface area (Å²) in [7, 11) is 0. The van der Waals surface area contributed by atoms with Gasteiger partial charge in [-0.25, -0.2) is 4.79 Å². The molecule has 0 aliphatic heterocycles. The highest BCUT2D eigenvalue weighted by Crippen LogP contribution is 2.24. The number of hydrogen-bond donors (Lipinski definition) is 3. The quantitative estimate of drug-likeness (QED) is 0.664. The number of hydrogen-bond acceptors (Lipinski definition) is 4. The third kappa shape index (κ3) is 3.69. The Kier molecular flexibility index (Phi) is 4.72. The summed E-state index contributed by atoms with van der Waals surface area (Å²) in [5, 5.41) is 15.0. The molecule has 2 amide bonds. The van der Waals surface area contributed by atoms with E-state index in [0.29, 0.717) is 5.69 Å². The highest BCUT2D eigenvalue weighted by Gasteiger charge is 2.21. The number of carbonyl (C=O) groups excluding carboxylic acids is 1. The van der Waals surface area contributed by atoms with Gasteiger partial charge in [-0.05, 0) is 35.3 Å². The third-order valence-electron chi connectivity index (χ3n) is 3.60. The van der Waals surface area contributed by atoms with Crippen LogP contribution in [0.3, 0.4) is 0 Å². The van der Waals surface area contributed by atoms with Crippen molar-refractivity contribution in [3.8, 4) is 0 Å². The lowest BCUT2D eigenvalue weighted by Crippen LogP contribution is -2.33. The van der Waals surface area contributed by atoms with Gasteiger partial charge in [0.25, 0.3) is 0 Å². The van der Waals surface area contributed by atoms with Crippen LogP contribution in [0.5, 0.6) is 0 Å². The molecule has 1 atom stereocenters. The Morgan fingerprint density at radius 1 is 1.17 bits per heavy atom. The lowest BCUT2D eigenvalue weighted by Gasteiger charge is -2.17. The van der Waals surface area contributed by atoms with Gasteiger partial charge in [0.05, 0.1) is 10.6 Å². The van der Waals surface area contributed by atoms with Crippen LogP contribution in [0.25, 0.3) is 10.1 Å². The predicted octanol–water partition coefficient (Wildman–Crippen LogP) is 3.29. The van der Waals surface area contributed by atoms with E-state index in [0.717, 1.165) is 15.6 Å². The number of carboxylic acid groups (broad SMARTS) is 1. The molecule has 0 fully saturated rings. The van der Waals surface area contributed by atoms with E-state index in [1.54, 1.807) is 24.4 Å². The van der Waals surface area contributed by atoms with Gasteiger partial charge in [0, 0.05) is 23.8 Å². The van der Waals surface area contributed by atoms with E-state index < -0.39 is 12.0 Å². The Balaban J connectivity index is 1.80. The first-order valence-corrected chi connectivity index (χ1v) is 8.08. The number of carbonyl (C=O) groups is 2. The molecule has 1 unspecified atom stereocenters. The van der Waals surface area contributed by atoms with Crippen LogP contribution in [0.4, 0.5) is 10.5 Å². The number of aromatic nitrogens is 1. The van der Waals surface area contributed by atoms with E-state index in [4.69, 9.17) is 5.11 Å². The van der Waals surface area contributed by atoms with E-state index in [9.17, 15) is 9.59 Å². The smallest absolute Gasteiger partial charge is 0.404 e. The molecule has 7 heteroatoms. The van der Waals surface area contributed by atoms with Crippen LogP contribution in [0, 0.1) is 0 Å². The summed E-state index contributed by atoms with van der Waals surface area (Å²) >= 11 is 1.36. The summed E-state index contributed by atoms with van der Waals surface area (Å²) in [5.41, 5.74) is 1.41. The van der Waals surface area contributed by atoms with Gasteiger partial charge in [0.2, 0.25) is 5.91 Å². The zero-order chi connectivity index (χ0) is 16.9. The Morgan fingerprint density at radius 2 is 1.96 bits per heavy atom. The maximum Gasteiger partial charge on any atom is 0.404 e. The van der Waals surface area contributed by atoms with Gasteiger partial charge in [-0.15, -0.1) is 0 Å². The molecule has 24 heavy (non-hydrogen) atoms. The topological polar surface area (TPSA) is 91.3 Å². The maximum atomic E-state index is 12.6. The van der Waals surface area contributed by atoms with Crippen LogP contribution >= 0.6 is 11.5 Å². The van der Waals surface area contributed by atoms with Gasteiger partial charge in [0.1, 0.15) is 0 Å². The molecule has 3 N–H and O–H groups in total. The Hall–Kier alpha value is -2.93. The third-order valence-corrected chi connectivity index (χ3v) is 4.36. The predicted molar refractivity (Wildman–Crippen MR) is 93.5 cm³/mol. The molecule has 122 valence electrons. The van der Waals surface area contributed by atoms with Crippen LogP contribution in [-0.4, -0.2) is 28.0 Å². The van der Waals surface area contributed by atoms with Gasteiger partial charge in [-0.1, -0.05) is 30.3 Å². The summed E-state index contributed by atoms with van der Waals surface area (Å²) < 4.78 is 5.09. The van der Waals surface area contributed by atoms with Crippen molar-refractivity contribution >= 4 is 39.3 Å². The first-order chi connectivity index (χ1) is 11.6. The minimum Gasteiger partial charge on any atom is -0.465 e. The molecule has 0 radical (unpaired) electrons. The lowest BCUT2D eigenvalue weighted by atomic mass is 9.98. The van der Waals surface area contributed by atoms with E-state index in [2.05, 4.69) is 15.0 Å². The zero-order valence-corrected chi connectivity index (χ0v) is 13.4. The van der Waals surface area contributed by atoms with Crippen molar-refractivity contribution in [2.75, 3.05) is 11.9 Å². The van der Waals surface area contributed by atoms with Gasteiger partial charge in [-0.2, -0.15) is 4.37 Å². The second-order valence-corrected chi connectivity index (χ2v) is 6.05. The molecule has 0 bridgehead atoms. The Morgan fingerprint density at radius 3 is 2.71 bits per heavy atom. The van der Waals surface area contributed by atoms with Crippen LogP contribution in [0.2, 0.25) is 0 Å². The van der Waals surface area contributed by atoms with Gasteiger partial charge in [0.15, 0.2) is 0 Å². The fraction of sp³-hybridized carbons (Fsp3) is 0.118. The average molecular weight is 341 g/mol. The number of anilines is 1. The highest BCUT2D eigenvalue weighted by atomic mass is 32.1. The van der Waals surface area contributed by atoms with Gasteiger partial charge in [-0.3, -0.25) is 4.79 Å². The van der Waals surface area contributed by atoms with Crippen molar-refractivity contribution in [1.29, 1.82) is 0 Å². The van der Waals surface area contributed by atoms with Crippen molar-refractivity contribution in [1.82, 2.24) is 9.69 Å². The molecule has 0 saturated carbocycles. The fourth-order valence-corrected chi connectivity index (χ4v) is 3.09. The Bertz CT molecular complexity index is 864. The van der Waals surface area contributed by atoms with Crippen LogP contribution in [-0.2, 0) is 4.79 Å². The van der Waals surface area contributed by atoms with Crippen molar-refractivity contribution < 1.29 is 14.7 Å². The van der Waals surface area contributed by atoms with Crippen molar-refractivity contribution in [2.45, 2.75) is 5.92 Å². The molecule has 0 spiro atoms. The minimum atomic E-state index is -1.16. The summed E-state index contributed by atoms with van der Waals surface area (Å²) in [5.74, 6) is -0.877. The summed E-state index contributed by atoms with van der Waals surface area (Å²) in [6.45, 7) is 0.00792. The number of amides is 2. The van der Waals surface area contributed by atoms with E-state index in [1.807, 2.05) is 30.3 Å². The maximum absolute atomic E-state index is 12.6. The molecule has 3 aromatic rings. The summed E-state index contributed by atoms with van der Waals surface area (Å²) in [4.78, 5) is 23.4.